The Bertz CT molecular complexity index is 376. The first-order chi connectivity index (χ1) is 8.13. The predicted molar refractivity (Wildman–Crippen MR) is 64.6 cm³/mol. The van der Waals surface area contributed by atoms with Crippen LogP contribution in [-0.4, -0.2) is 24.5 Å². The molecule has 0 aliphatic carbocycles. The fraction of sp³-hybridized carbons (Fsp3) is 0.385. The van der Waals surface area contributed by atoms with Gasteiger partial charge >= 0.3 is 5.97 Å². The monoisotopic (exact) mass is 235 g/mol. The van der Waals surface area contributed by atoms with Crippen LogP contribution in [0.4, 0.5) is 0 Å². The average Bonchev–Trinajstić information content (AvgIpc) is 2.30. The highest BCUT2D eigenvalue weighted by Gasteiger charge is 2.13. The molecule has 0 heterocycles. The first kappa shape index (κ1) is 13.2. The van der Waals surface area contributed by atoms with Crippen molar-refractivity contribution in [3.05, 3.63) is 35.9 Å². The number of amides is 1. The second kappa shape index (κ2) is 6.68. The van der Waals surface area contributed by atoms with Gasteiger partial charge in [0.2, 0.25) is 0 Å². The third-order valence-electron chi connectivity index (χ3n) is 2.19. The number of esters is 1. The Hall–Kier alpha value is -1.84. The van der Waals surface area contributed by atoms with Crippen molar-refractivity contribution >= 4 is 11.9 Å². The van der Waals surface area contributed by atoms with E-state index in [2.05, 4.69) is 5.32 Å². The van der Waals surface area contributed by atoms with Crippen LogP contribution in [0.2, 0.25) is 0 Å². The van der Waals surface area contributed by atoms with Crippen molar-refractivity contribution in [2.45, 2.75) is 26.3 Å². The van der Waals surface area contributed by atoms with Gasteiger partial charge in [-0.25, -0.2) is 0 Å². The normalized spacial score (nSPS) is 11.6. The average molecular weight is 235 g/mol. The lowest BCUT2D eigenvalue weighted by atomic mass is 10.2. The molecule has 4 heteroatoms. The molecule has 0 aromatic heterocycles. The van der Waals surface area contributed by atoms with Gasteiger partial charge in [0.25, 0.3) is 5.91 Å². The number of benzene rings is 1. The molecule has 0 aliphatic rings. The standard InChI is InChI=1S/C13H17NO3/c1-3-17-12(15)9-10(2)14-13(16)11-7-5-4-6-8-11/h4-8,10H,3,9H2,1-2H3,(H,14,16). The molecule has 4 nitrogen and oxygen atoms in total. The SMILES string of the molecule is CCOC(=O)CC(C)NC(=O)c1ccccc1. The number of ether oxygens (including phenoxy) is 1. The van der Waals surface area contributed by atoms with E-state index in [4.69, 9.17) is 4.74 Å². The summed E-state index contributed by atoms with van der Waals surface area (Å²) >= 11 is 0. The van der Waals surface area contributed by atoms with Gasteiger partial charge in [0, 0.05) is 11.6 Å². The Labute approximate surface area is 101 Å². The van der Waals surface area contributed by atoms with Crippen molar-refractivity contribution in [2.75, 3.05) is 6.61 Å². The van der Waals surface area contributed by atoms with Crippen molar-refractivity contribution in [3.63, 3.8) is 0 Å². The summed E-state index contributed by atoms with van der Waals surface area (Å²) in [4.78, 5) is 22.9. The molecule has 1 atom stereocenters. The highest BCUT2D eigenvalue weighted by Crippen LogP contribution is 2.00. The van der Waals surface area contributed by atoms with E-state index in [1.165, 1.54) is 0 Å². The highest BCUT2D eigenvalue weighted by molar-refractivity contribution is 5.94. The Balaban J connectivity index is 2.44. The second-order valence-electron chi connectivity index (χ2n) is 3.75. The zero-order valence-electron chi connectivity index (χ0n) is 10.1. The molecule has 17 heavy (non-hydrogen) atoms. The summed E-state index contributed by atoms with van der Waals surface area (Å²) in [6.45, 7) is 3.89. The molecule has 92 valence electrons. The summed E-state index contributed by atoms with van der Waals surface area (Å²) in [6.07, 6.45) is 0.187. The second-order valence-corrected chi connectivity index (χ2v) is 3.75. The van der Waals surface area contributed by atoms with Gasteiger partial charge in [-0.1, -0.05) is 18.2 Å². The van der Waals surface area contributed by atoms with Crippen molar-refractivity contribution in [1.29, 1.82) is 0 Å². The molecule has 1 N–H and O–H groups in total. The third kappa shape index (κ3) is 4.68. The molecule has 1 aromatic rings. The lowest BCUT2D eigenvalue weighted by molar-refractivity contribution is -0.143. The zero-order chi connectivity index (χ0) is 12.7. The molecule has 1 rings (SSSR count). The molecule has 0 radical (unpaired) electrons. The Morgan fingerprint density at radius 1 is 1.29 bits per heavy atom. The minimum absolute atomic E-state index is 0.178. The number of carbonyl (C=O) groups is 2. The molecule has 0 bridgehead atoms. The van der Waals surface area contributed by atoms with Crippen LogP contribution in [-0.2, 0) is 9.53 Å². The van der Waals surface area contributed by atoms with E-state index < -0.39 is 0 Å². The minimum Gasteiger partial charge on any atom is -0.466 e. The van der Waals surface area contributed by atoms with Crippen LogP contribution in [0.15, 0.2) is 30.3 Å². The maximum absolute atomic E-state index is 11.7. The minimum atomic E-state index is -0.298. The van der Waals surface area contributed by atoms with Crippen molar-refractivity contribution < 1.29 is 14.3 Å². The van der Waals surface area contributed by atoms with Crippen molar-refractivity contribution in [1.82, 2.24) is 5.32 Å². The Kier molecular flexibility index (Phi) is 5.20. The molecule has 0 saturated heterocycles. The van der Waals surface area contributed by atoms with Gasteiger partial charge < -0.3 is 10.1 Å². The number of rotatable bonds is 5. The Morgan fingerprint density at radius 2 is 1.94 bits per heavy atom. The maximum atomic E-state index is 11.7. The van der Waals surface area contributed by atoms with E-state index in [0.29, 0.717) is 12.2 Å². The van der Waals surface area contributed by atoms with E-state index in [-0.39, 0.29) is 24.3 Å². The van der Waals surface area contributed by atoms with Crippen LogP contribution in [0.3, 0.4) is 0 Å². The quantitative estimate of drug-likeness (QED) is 0.791. The molecular weight excluding hydrogens is 218 g/mol. The van der Waals surface area contributed by atoms with Crippen LogP contribution < -0.4 is 5.32 Å². The van der Waals surface area contributed by atoms with Crippen molar-refractivity contribution in [2.24, 2.45) is 0 Å². The maximum Gasteiger partial charge on any atom is 0.307 e. The fourth-order valence-corrected chi connectivity index (χ4v) is 1.42. The molecule has 1 aromatic carbocycles. The molecule has 0 saturated carbocycles. The van der Waals surface area contributed by atoms with E-state index in [1.54, 1.807) is 38.1 Å². The summed E-state index contributed by atoms with van der Waals surface area (Å²) in [7, 11) is 0. The number of carbonyl (C=O) groups excluding carboxylic acids is 2. The third-order valence-corrected chi connectivity index (χ3v) is 2.19. The summed E-state index contributed by atoms with van der Waals surface area (Å²) in [5.41, 5.74) is 0.586. The molecule has 0 aliphatic heterocycles. The smallest absolute Gasteiger partial charge is 0.307 e. The zero-order valence-corrected chi connectivity index (χ0v) is 10.1. The van der Waals surface area contributed by atoms with Gasteiger partial charge in [-0.15, -0.1) is 0 Å². The predicted octanol–water partition coefficient (Wildman–Crippen LogP) is 1.76. The Morgan fingerprint density at radius 3 is 2.53 bits per heavy atom. The number of nitrogens with one attached hydrogen (secondary N) is 1. The van der Waals surface area contributed by atoms with Gasteiger partial charge in [0.15, 0.2) is 0 Å². The lowest BCUT2D eigenvalue weighted by Gasteiger charge is -2.12. The molecule has 0 fully saturated rings. The van der Waals surface area contributed by atoms with E-state index >= 15 is 0 Å². The molecule has 0 spiro atoms. The van der Waals surface area contributed by atoms with Crippen LogP contribution in [0, 0.1) is 0 Å². The van der Waals surface area contributed by atoms with Crippen LogP contribution >= 0.6 is 0 Å². The van der Waals surface area contributed by atoms with Gasteiger partial charge in [-0.3, -0.25) is 9.59 Å². The van der Waals surface area contributed by atoms with E-state index in [1.807, 2.05) is 6.07 Å². The highest BCUT2D eigenvalue weighted by atomic mass is 16.5. The first-order valence-corrected chi connectivity index (χ1v) is 5.65. The summed E-state index contributed by atoms with van der Waals surface area (Å²) in [5.74, 6) is -0.476. The topological polar surface area (TPSA) is 55.4 Å². The molecule has 1 unspecified atom stereocenters. The lowest BCUT2D eigenvalue weighted by Crippen LogP contribution is -2.34. The fourth-order valence-electron chi connectivity index (χ4n) is 1.42. The number of hydrogen-bond acceptors (Lipinski definition) is 3. The summed E-state index contributed by atoms with van der Waals surface area (Å²) in [5, 5.41) is 2.75. The molecular formula is C13H17NO3. The summed E-state index contributed by atoms with van der Waals surface area (Å²) in [6, 6.07) is 8.66. The number of hydrogen-bond donors (Lipinski definition) is 1. The first-order valence-electron chi connectivity index (χ1n) is 5.65. The van der Waals surface area contributed by atoms with E-state index in [9.17, 15) is 9.59 Å². The summed E-state index contributed by atoms with van der Waals surface area (Å²) < 4.78 is 4.81. The van der Waals surface area contributed by atoms with Crippen LogP contribution in [0.5, 0.6) is 0 Å². The largest absolute Gasteiger partial charge is 0.466 e. The van der Waals surface area contributed by atoms with Gasteiger partial charge in [-0.2, -0.15) is 0 Å². The van der Waals surface area contributed by atoms with E-state index in [0.717, 1.165) is 0 Å². The van der Waals surface area contributed by atoms with Crippen LogP contribution in [0.1, 0.15) is 30.6 Å². The van der Waals surface area contributed by atoms with Gasteiger partial charge in [-0.05, 0) is 26.0 Å². The van der Waals surface area contributed by atoms with Crippen LogP contribution in [0.25, 0.3) is 0 Å². The molecule has 1 amide bonds. The van der Waals surface area contributed by atoms with Gasteiger partial charge in [0.1, 0.15) is 0 Å². The van der Waals surface area contributed by atoms with Crippen molar-refractivity contribution in [3.8, 4) is 0 Å². The van der Waals surface area contributed by atoms with Gasteiger partial charge in [0.05, 0.1) is 13.0 Å².